The van der Waals surface area contributed by atoms with Gasteiger partial charge < -0.3 is 5.73 Å². The summed E-state index contributed by atoms with van der Waals surface area (Å²) in [5, 5.41) is 4.49. The second-order valence-electron chi connectivity index (χ2n) is 3.88. The Morgan fingerprint density at radius 1 is 1.43 bits per heavy atom. The van der Waals surface area contributed by atoms with Crippen LogP contribution < -0.4 is 5.73 Å². The second-order valence-corrected chi connectivity index (χ2v) is 4.68. The van der Waals surface area contributed by atoms with Crippen LogP contribution >= 0.6 is 15.9 Å². The molecule has 0 aliphatic carbocycles. The van der Waals surface area contributed by atoms with E-state index in [1.165, 1.54) is 5.69 Å². The third-order valence-corrected chi connectivity index (χ3v) is 3.97. The first kappa shape index (κ1) is 11.7. The Labute approximate surface area is 93.8 Å². The Morgan fingerprint density at radius 2 is 2.00 bits per heavy atom. The van der Waals surface area contributed by atoms with Gasteiger partial charge in [0.05, 0.1) is 21.9 Å². The molecule has 1 heterocycles. The molecule has 0 fully saturated rings. The van der Waals surface area contributed by atoms with E-state index in [9.17, 15) is 0 Å². The van der Waals surface area contributed by atoms with E-state index in [0.29, 0.717) is 18.5 Å². The molecule has 0 spiro atoms. The van der Waals surface area contributed by atoms with Gasteiger partial charge in [-0.15, -0.1) is 0 Å². The molecule has 14 heavy (non-hydrogen) atoms. The van der Waals surface area contributed by atoms with E-state index in [2.05, 4.69) is 46.5 Å². The third kappa shape index (κ3) is 2.01. The quantitative estimate of drug-likeness (QED) is 0.907. The number of halogens is 1. The maximum absolute atomic E-state index is 5.65. The molecule has 0 aliphatic heterocycles. The minimum atomic E-state index is 0.352. The van der Waals surface area contributed by atoms with Crippen molar-refractivity contribution in [2.24, 2.45) is 11.7 Å². The number of nitrogens with two attached hydrogens (primary N) is 1. The van der Waals surface area contributed by atoms with Gasteiger partial charge in [-0.3, -0.25) is 4.68 Å². The van der Waals surface area contributed by atoms with Gasteiger partial charge in [0.1, 0.15) is 0 Å². The minimum absolute atomic E-state index is 0.352. The van der Waals surface area contributed by atoms with E-state index in [1.807, 2.05) is 6.92 Å². The molecule has 0 bridgehead atoms. The first-order valence-electron chi connectivity index (χ1n) is 4.90. The fraction of sp³-hybridized carbons (Fsp3) is 0.700. The molecule has 80 valence electrons. The summed E-state index contributed by atoms with van der Waals surface area (Å²) in [5.74, 6) is 0.444. The predicted molar refractivity (Wildman–Crippen MR) is 62.3 cm³/mol. The van der Waals surface area contributed by atoms with Gasteiger partial charge in [0.2, 0.25) is 0 Å². The molecular formula is C10H18BrN3. The first-order valence-corrected chi connectivity index (χ1v) is 5.69. The molecule has 0 aliphatic rings. The van der Waals surface area contributed by atoms with Crippen molar-refractivity contribution in [1.82, 2.24) is 9.78 Å². The van der Waals surface area contributed by atoms with Crippen LogP contribution in [0.4, 0.5) is 0 Å². The predicted octanol–water partition coefficient (Wildman–Crippen LogP) is 2.42. The number of hydrogen-bond donors (Lipinski definition) is 1. The smallest absolute Gasteiger partial charge is 0.0738 e. The van der Waals surface area contributed by atoms with E-state index in [4.69, 9.17) is 5.73 Å². The molecule has 0 radical (unpaired) electrons. The summed E-state index contributed by atoms with van der Waals surface area (Å²) in [5.41, 5.74) is 7.87. The fourth-order valence-electron chi connectivity index (χ4n) is 1.48. The normalized spacial score (nSPS) is 15.6. The number of rotatable bonds is 3. The molecule has 0 amide bonds. The van der Waals surface area contributed by atoms with Crippen LogP contribution in [-0.4, -0.2) is 16.3 Å². The monoisotopic (exact) mass is 259 g/mol. The Morgan fingerprint density at radius 3 is 2.36 bits per heavy atom. The van der Waals surface area contributed by atoms with Crippen LogP contribution in [0, 0.1) is 19.8 Å². The zero-order valence-corrected chi connectivity index (χ0v) is 10.8. The molecule has 2 unspecified atom stereocenters. The SMILES string of the molecule is Cc1nn(C(C)C(C)CN)c(C)c1Br. The van der Waals surface area contributed by atoms with Crippen LogP contribution in [0.5, 0.6) is 0 Å². The van der Waals surface area contributed by atoms with Gasteiger partial charge in [-0.05, 0) is 49.2 Å². The van der Waals surface area contributed by atoms with Crippen LogP contribution in [0.2, 0.25) is 0 Å². The summed E-state index contributed by atoms with van der Waals surface area (Å²) in [4.78, 5) is 0. The zero-order chi connectivity index (χ0) is 10.9. The molecule has 1 rings (SSSR count). The van der Waals surface area contributed by atoms with Crippen molar-refractivity contribution < 1.29 is 0 Å². The van der Waals surface area contributed by atoms with Crippen LogP contribution in [0.1, 0.15) is 31.3 Å². The molecule has 1 aromatic rings. The average Bonchev–Trinajstić information content (AvgIpc) is 2.43. The number of hydrogen-bond acceptors (Lipinski definition) is 2. The van der Waals surface area contributed by atoms with E-state index in [-0.39, 0.29) is 0 Å². The highest BCUT2D eigenvalue weighted by Gasteiger charge is 2.17. The van der Waals surface area contributed by atoms with Gasteiger partial charge >= 0.3 is 0 Å². The Balaban J connectivity index is 3.01. The van der Waals surface area contributed by atoms with E-state index in [1.54, 1.807) is 0 Å². The van der Waals surface area contributed by atoms with Crippen molar-refractivity contribution in [2.75, 3.05) is 6.54 Å². The lowest BCUT2D eigenvalue weighted by atomic mass is 10.0. The maximum Gasteiger partial charge on any atom is 0.0738 e. The number of nitrogens with zero attached hydrogens (tertiary/aromatic N) is 2. The van der Waals surface area contributed by atoms with Gasteiger partial charge in [0.15, 0.2) is 0 Å². The van der Waals surface area contributed by atoms with E-state index >= 15 is 0 Å². The van der Waals surface area contributed by atoms with Gasteiger partial charge in [-0.2, -0.15) is 5.10 Å². The topological polar surface area (TPSA) is 43.8 Å². The Hall–Kier alpha value is -0.350. The molecule has 0 saturated heterocycles. The zero-order valence-electron chi connectivity index (χ0n) is 9.21. The van der Waals surface area contributed by atoms with Gasteiger partial charge in [-0.25, -0.2) is 0 Å². The van der Waals surface area contributed by atoms with E-state index in [0.717, 1.165) is 10.2 Å². The maximum atomic E-state index is 5.65. The standard InChI is InChI=1S/C10H18BrN3/c1-6(5-12)8(3)14-9(4)10(11)7(2)13-14/h6,8H,5,12H2,1-4H3. The molecule has 2 N–H and O–H groups in total. The van der Waals surface area contributed by atoms with Crippen molar-refractivity contribution in [3.05, 3.63) is 15.9 Å². The van der Waals surface area contributed by atoms with Crippen molar-refractivity contribution in [1.29, 1.82) is 0 Å². The lowest BCUT2D eigenvalue weighted by molar-refractivity contribution is 0.351. The lowest BCUT2D eigenvalue weighted by Gasteiger charge is -2.20. The minimum Gasteiger partial charge on any atom is -0.330 e. The largest absolute Gasteiger partial charge is 0.330 e. The Bertz CT molecular complexity index is 319. The molecular weight excluding hydrogens is 242 g/mol. The van der Waals surface area contributed by atoms with Gasteiger partial charge in [-0.1, -0.05) is 6.92 Å². The lowest BCUT2D eigenvalue weighted by Crippen LogP contribution is -2.23. The molecule has 0 saturated carbocycles. The van der Waals surface area contributed by atoms with Crippen molar-refractivity contribution in [3.63, 3.8) is 0 Å². The van der Waals surface area contributed by atoms with Crippen molar-refractivity contribution in [2.45, 2.75) is 33.7 Å². The fourth-order valence-corrected chi connectivity index (χ4v) is 1.74. The summed E-state index contributed by atoms with van der Waals surface area (Å²) in [7, 11) is 0. The second kappa shape index (κ2) is 4.45. The van der Waals surface area contributed by atoms with Crippen molar-refractivity contribution in [3.8, 4) is 0 Å². The van der Waals surface area contributed by atoms with Crippen molar-refractivity contribution >= 4 is 15.9 Å². The molecule has 0 aromatic carbocycles. The molecule has 4 heteroatoms. The molecule has 1 aromatic heterocycles. The summed E-state index contributed by atoms with van der Waals surface area (Å²) < 4.78 is 3.16. The highest BCUT2D eigenvalue weighted by atomic mass is 79.9. The van der Waals surface area contributed by atoms with Gasteiger partial charge in [0, 0.05) is 0 Å². The summed E-state index contributed by atoms with van der Waals surface area (Å²) in [6.45, 7) is 9.08. The summed E-state index contributed by atoms with van der Waals surface area (Å²) in [6, 6.07) is 0.352. The molecule has 2 atom stereocenters. The number of aryl methyl sites for hydroxylation is 1. The van der Waals surface area contributed by atoms with E-state index < -0.39 is 0 Å². The third-order valence-electron chi connectivity index (χ3n) is 2.82. The molecule has 3 nitrogen and oxygen atoms in total. The average molecular weight is 260 g/mol. The number of aromatic nitrogens is 2. The van der Waals surface area contributed by atoms with Crippen LogP contribution in [-0.2, 0) is 0 Å². The summed E-state index contributed by atoms with van der Waals surface area (Å²) >= 11 is 3.52. The van der Waals surface area contributed by atoms with Crippen LogP contribution in [0.3, 0.4) is 0 Å². The summed E-state index contributed by atoms with van der Waals surface area (Å²) in [6.07, 6.45) is 0. The van der Waals surface area contributed by atoms with Crippen LogP contribution in [0.25, 0.3) is 0 Å². The highest BCUT2D eigenvalue weighted by Crippen LogP contribution is 2.25. The Kier molecular flexibility index (Phi) is 3.72. The van der Waals surface area contributed by atoms with Gasteiger partial charge in [0.25, 0.3) is 0 Å². The van der Waals surface area contributed by atoms with Crippen LogP contribution in [0.15, 0.2) is 4.47 Å². The first-order chi connectivity index (χ1) is 6.49. The highest BCUT2D eigenvalue weighted by molar-refractivity contribution is 9.10.